The van der Waals surface area contributed by atoms with Gasteiger partial charge in [-0.2, -0.15) is 0 Å². The molecule has 0 bridgehead atoms. The van der Waals surface area contributed by atoms with Gasteiger partial charge in [0, 0.05) is 29.5 Å². The van der Waals surface area contributed by atoms with Crippen molar-refractivity contribution in [1.29, 1.82) is 0 Å². The van der Waals surface area contributed by atoms with Gasteiger partial charge in [-0.1, -0.05) is 17.8 Å². The highest BCUT2D eigenvalue weighted by atomic mass is 32.2. The van der Waals surface area contributed by atoms with Crippen molar-refractivity contribution in [3.8, 4) is 11.4 Å². The molecule has 2 aromatic carbocycles. The van der Waals surface area contributed by atoms with E-state index in [1.54, 1.807) is 60.9 Å². The van der Waals surface area contributed by atoms with Crippen molar-refractivity contribution in [2.24, 2.45) is 0 Å². The molecular formula is C24H24N6O5S2. The van der Waals surface area contributed by atoms with Crippen LogP contribution in [-0.4, -0.2) is 47.0 Å². The number of carbonyl (C=O) groups is 2. The number of furan rings is 1. The third kappa shape index (κ3) is 7.44. The minimum atomic E-state index is -3.39. The van der Waals surface area contributed by atoms with Crippen LogP contribution in [0.25, 0.3) is 11.4 Å². The van der Waals surface area contributed by atoms with E-state index in [4.69, 9.17) is 4.42 Å². The smallest absolute Gasteiger partial charge is 0.234 e. The molecular weight excluding hydrogens is 516 g/mol. The van der Waals surface area contributed by atoms with Crippen LogP contribution in [0.1, 0.15) is 12.7 Å². The SMILES string of the molecule is CC(=O)Nc1cccc(NC(=O)CSc2nnc(-c3ccc(NS(C)(=O)=O)cc3)n2Cc2ccco2)c1. The van der Waals surface area contributed by atoms with E-state index in [2.05, 4.69) is 25.6 Å². The standard InChI is InChI=1S/C24H24N6O5S2/c1-16(31)25-19-5-3-6-20(13-19)26-22(32)15-36-24-28-27-23(30(24)14-21-7-4-12-35-21)17-8-10-18(11-9-17)29-37(2,33)34/h3-13,29H,14-15H2,1-2H3,(H,25,31)(H,26,32). The molecule has 0 aliphatic carbocycles. The molecule has 0 spiro atoms. The minimum absolute atomic E-state index is 0.0673. The molecule has 0 unspecified atom stereocenters. The van der Waals surface area contributed by atoms with Gasteiger partial charge in [-0.05, 0) is 54.6 Å². The normalized spacial score (nSPS) is 11.2. The van der Waals surface area contributed by atoms with Crippen LogP contribution in [0.5, 0.6) is 0 Å². The summed E-state index contributed by atoms with van der Waals surface area (Å²) >= 11 is 1.21. The van der Waals surface area contributed by atoms with E-state index in [9.17, 15) is 18.0 Å². The Morgan fingerprint density at radius 3 is 2.35 bits per heavy atom. The molecule has 11 nitrogen and oxygen atoms in total. The maximum absolute atomic E-state index is 12.6. The summed E-state index contributed by atoms with van der Waals surface area (Å²) in [6.07, 6.45) is 2.65. The van der Waals surface area contributed by atoms with E-state index < -0.39 is 10.0 Å². The van der Waals surface area contributed by atoms with Gasteiger partial charge < -0.3 is 15.1 Å². The summed E-state index contributed by atoms with van der Waals surface area (Å²) in [5.74, 6) is 0.825. The van der Waals surface area contributed by atoms with E-state index in [1.807, 2.05) is 10.6 Å². The summed E-state index contributed by atoms with van der Waals surface area (Å²) in [6, 6.07) is 17.2. The number of amides is 2. The fourth-order valence-electron chi connectivity index (χ4n) is 3.42. The topological polar surface area (TPSA) is 148 Å². The lowest BCUT2D eigenvalue weighted by atomic mass is 10.2. The first-order valence-electron chi connectivity index (χ1n) is 11.0. The van der Waals surface area contributed by atoms with E-state index in [0.717, 1.165) is 6.26 Å². The average Bonchev–Trinajstić information content (AvgIpc) is 3.47. The maximum atomic E-state index is 12.6. The van der Waals surface area contributed by atoms with Gasteiger partial charge in [0.25, 0.3) is 0 Å². The lowest BCUT2D eigenvalue weighted by molar-refractivity contribution is -0.114. The number of thioether (sulfide) groups is 1. The fraction of sp³-hybridized carbons (Fsp3) is 0.167. The molecule has 2 amide bonds. The van der Waals surface area contributed by atoms with Crippen LogP contribution in [-0.2, 0) is 26.2 Å². The van der Waals surface area contributed by atoms with Gasteiger partial charge in [-0.3, -0.25) is 18.9 Å². The number of nitrogens with one attached hydrogen (secondary N) is 3. The molecule has 0 aliphatic rings. The third-order valence-corrected chi connectivity index (χ3v) is 6.43. The first kappa shape index (κ1) is 26.0. The van der Waals surface area contributed by atoms with Crippen LogP contribution in [0.2, 0.25) is 0 Å². The Morgan fingerprint density at radius 1 is 0.973 bits per heavy atom. The summed E-state index contributed by atoms with van der Waals surface area (Å²) in [4.78, 5) is 23.9. The monoisotopic (exact) mass is 540 g/mol. The molecule has 192 valence electrons. The number of rotatable bonds is 10. The van der Waals surface area contributed by atoms with Crippen molar-refractivity contribution in [2.45, 2.75) is 18.6 Å². The largest absolute Gasteiger partial charge is 0.467 e. The Balaban J connectivity index is 1.50. The zero-order chi connectivity index (χ0) is 26.4. The zero-order valence-electron chi connectivity index (χ0n) is 20.0. The van der Waals surface area contributed by atoms with Gasteiger partial charge in [0.15, 0.2) is 11.0 Å². The molecule has 4 rings (SSSR count). The van der Waals surface area contributed by atoms with Crippen molar-refractivity contribution in [3.05, 3.63) is 72.7 Å². The predicted molar refractivity (Wildman–Crippen MR) is 142 cm³/mol. The minimum Gasteiger partial charge on any atom is -0.467 e. The number of sulfonamides is 1. The van der Waals surface area contributed by atoms with Gasteiger partial charge in [0.05, 0.1) is 24.8 Å². The lowest BCUT2D eigenvalue weighted by Crippen LogP contribution is -2.15. The Labute approximate surface area is 217 Å². The second-order valence-electron chi connectivity index (χ2n) is 8.02. The van der Waals surface area contributed by atoms with E-state index in [-0.39, 0.29) is 17.6 Å². The van der Waals surface area contributed by atoms with Crippen molar-refractivity contribution >= 4 is 50.7 Å². The molecule has 0 radical (unpaired) electrons. The van der Waals surface area contributed by atoms with Gasteiger partial charge >= 0.3 is 0 Å². The maximum Gasteiger partial charge on any atom is 0.234 e. The number of anilines is 3. The summed E-state index contributed by atoms with van der Waals surface area (Å²) in [6.45, 7) is 1.75. The van der Waals surface area contributed by atoms with Crippen molar-refractivity contribution in [1.82, 2.24) is 14.8 Å². The third-order valence-electron chi connectivity index (χ3n) is 4.86. The molecule has 0 saturated carbocycles. The molecule has 0 aliphatic heterocycles. The molecule has 0 fully saturated rings. The van der Waals surface area contributed by atoms with Crippen LogP contribution in [0, 0.1) is 0 Å². The molecule has 0 atom stereocenters. The Hall–Kier alpha value is -4.10. The van der Waals surface area contributed by atoms with Crippen molar-refractivity contribution < 1.29 is 22.4 Å². The lowest BCUT2D eigenvalue weighted by Gasteiger charge is -2.10. The molecule has 13 heteroatoms. The summed E-state index contributed by atoms with van der Waals surface area (Å²) in [7, 11) is -3.39. The van der Waals surface area contributed by atoms with Gasteiger partial charge in [-0.25, -0.2) is 8.42 Å². The summed E-state index contributed by atoms with van der Waals surface area (Å²) in [5.41, 5.74) is 2.28. The molecule has 2 heterocycles. The molecule has 3 N–H and O–H groups in total. The van der Waals surface area contributed by atoms with Gasteiger partial charge in [0.1, 0.15) is 5.76 Å². The second kappa shape index (κ2) is 11.3. The highest BCUT2D eigenvalue weighted by Crippen LogP contribution is 2.27. The van der Waals surface area contributed by atoms with E-state index >= 15 is 0 Å². The Bertz CT molecular complexity index is 1500. The number of nitrogens with zero attached hydrogens (tertiary/aromatic N) is 3. The first-order valence-corrected chi connectivity index (χ1v) is 13.9. The number of hydrogen-bond acceptors (Lipinski definition) is 8. The highest BCUT2D eigenvalue weighted by Gasteiger charge is 2.17. The number of benzene rings is 2. The predicted octanol–water partition coefficient (Wildman–Crippen LogP) is 3.65. The van der Waals surface area contributed by atoms with E-state index in [0.29, 0.717) is 45.9 Å². The summed E-state index contributed by atoms with van der Waals surface area (Å²) in [5, 5.41) is 14.6. The van der Waals surface area contributed by atoms with Crippen LogP contribution < -0.4 is 15.4 Å². The fourth-order valence-corrected chi connectivity index (χ4v) is 4.72. The highest BCUT2D eigenvalue weighted by molar-refractivity contribution is 7.99. The van der Waals surface area contributed by atoms with Crippen LogP contribution in [0.4, 0.5) is 17.1 Å². The molecule has 0 saturated heterocycles. The molecule has 2 aromatic heterocycles. The molecule has 37 heavy (non-hydrogen) atoms. The van der Waals surface area contributed by atoms with Crippen LogP contribution in [0.3, 0.4) is 0 Å². The second-order valence-corrected chi connectivity index (χ2v) is 10.7. The van der Waals surface area contributed by atoms with Gasteiger partial charge in [-0.15, -0.1) is 10.2 Å². The Morgan fingerprint density at radius 2 is 1.70 bits per heavy atom. The first-order chi connectivity index (χ1) is 17.7. The molecule has 4 aromatic rings. The average molecular weight is 541 g/mol. The number of carbonyl (C=O) groups excluding carboxylic acids is 2. The number of aromatic nitrogens is 3. The van der Waals surface area contributed by atoms with Crippen molar-refractivity contribution in [2.75, 3.05) is 27.4 Å². The summed E-state index contributed by atoms with van der Waals surface area (Å²) < 4.78 is 32.7. The van der Waals surface area contributed by atoms with Crippen LogP contribution in [0.15, 0.2) is 76.5 Å². The zero-order valence-corrected chi connectivity index (χ0v) is 21.6. The van der Waals surface area contributed by atoms with E-state index in [1.165, 1.54) is 18.7 Å². The van der Waals surface area contributed by atoms with Gasteiger partial charge in [0.2, 0.25) is 21.8 Å². The quantitative estimate of drug-likeness (QED) is 0.258. The van der Waals surface area contributed by atoms with Crippen LogP contribution >= 0.6 is 11.8 Å². The Kier molecular flexibility index (Phi) is 7.94. The number of hydrogen-bond donors (Lipinski definition) is 3. The van der Waals surface area contributed by atoms with Crippen molar-refractivity contribution in [3.63, 3.8) is 0 Å².